The van der Waals surface area contributed by atoms with Gasteiger partial charge in [-0.1, -0.05) is 12.1 Å². The molecule has 0 aromatic heterocycles. The van der Waals surface area contributed by atoms with Gasteiger partial charge in [-0.25, -0.2) is 4.39 Å². The first-order chi connectivity index (χ1) is 14.2. The molecule has 0 saturated heterocycles. The van der Waals surface area contributed by atoms with Crippen LogP contribution < -0.4 is 4.74 Å². The molecule has 0 radical (unpaired) electrons. The lowest BCUT2D eigenvalue weighted by atomic mass is 9.68. The molecule has 0 amide bonds. The van der Waals surface area contributed by atoms with E-state index in [4.69, 9.17) is 0 Å². The lowest BCUT2D eigenvalue weighted by Gasteiger charge is -2.37. The standard InChI is InChI=1S/C23H26F6O/c1-2-14-3-5-15(6-4-14)16-7-9-17(10-8-16)18-11-12-20(19(24)13-18)30-23(28,29)21(25)22(26)27/h2,11-17H,1,3-10H2. The van der Waals surface area contributed by atoms with Gasteiger partial charge in [-0.3, -0.25) is 0 Å². The zero-order valence-electron chi connectivity index (χ0n) is 16.7. The highest BCUT2D eigenvalue weighted by Crippen LogP contribution is 2.44. The quantitative estimate of drug-likeness (QED) is 0.326. The third-order valence-electron chi connectivity index (χ3n) is 6.68. The van der Waals surface area contributed by atoms with Crippen LogP contribution in [0.4, 0.5) is 26.3 Å². The molecule has 166 valence electrons. The van der Waals surface area contributed by atoms with E-state index in [1.54, 1.807) is 0 Å². The molecular weight excluding hydrogens is 406 g/mol. The van der Waals surface area contributed by atoms with Crippen LogP contribution in [0.1, 0.15) is 62.8 Å². The fourth-order valence-corrected chi connectivity index (χ4v) is 4.92. The Bertz CT molecular complexity index is 770. The van der Waals surface area contributed by atoms with Crippen molar-refractivity contribution in [2.75, 3.05) is 0 Å². The number of benzene rings is 1. The SMILES string of the molecule is C=CC1CCC(C2CCC(c3ccc(OC(F)(F)C(F)=C(F)F)c(F)c3)CC2)CC1. The number of hydrogen-bond donors (Lipinski definition) is 0. The Balaban J connectivity index is 1.59. The van der Waals surface area contributed by atoms with E-state index in [2.05, 4.69) is 11.3 Å². The summed E-state index contributed by atoms with van der Waals surface area (Å²) in [5.74, 6) is -3.00. The first-order valence-corrected chi connectivity index (χ1v) is 10.4. The second kappa shape index (κ2) is 9.48. The Morgan fingerprint density at radius 1 is 0.933 bits per heavy atom. The molecule has 7 heteroatoms. The average molecular weight is 432 g/mol. The number of ether oxygens (including phenoxy) is 1. The lowest BCUT2D eigenvalue weighted by molar-refractivity contribution is -0.161. The molecule has 0 aliphatic heterocycles. The predicted molar refractivity (Wildman–Crippen MR) is 103 cm³/mol. The highest BCUT2D eigenvalue weighted by Gasteiger charge is 2.43. The van der Waals surface area contributed by atoms with Crippen molar-refractivity contribution in [3.05, 3.63) is 54.1 Å². The molecule has 2 aliphatic rings. The van der Waals surface area contributed by atoms with E-state index in [9.17, 15) is 26.3 Å². The molecule has 0 spiro atoms. The number of alkyl halides is 2. The predicted octanol–water partition coefficient (Wildman–Crippen LogP) is 8.14. The van der Waals surface area contributed by atoms with Crippen molar-refractivity contribution in [2.24, 2.45) is 17.8 Å². The first-order valence-electron chi connectivity index (χ1n) is 10.4. The molecule has 30 heavy (non-hydrogen) atoms. The molecule has 0 bridgehead atoms. The monoisotopic (exact) mass is 432 g/mol. The molecular formula is C23H26F6O. The van der Waals surface area contributed by atoms with Crippen LogP contribution in [0.25, 0.3) is 0 Å². The van der Waals surface area contributed by atoms with Crippen molar-refractivity contribution in [2.45, 2.75) is 63.4 Å². The molecule has 0 unspecified atom stereocenters. The Morgan fingerprint density at radius 3 is 2.00 bits per heavy atom. The minimum Gasteiger partial charge on any atom is -0.424 e. The third kappa shape index (κ3) is 5.22. The van der Waals surface area contributed by atoms with Gasteiger partial charge >= 0.3 is 12.2 Å². The van der Waals surface area contributed by atoms with E-state index in [-0.39, 0.29) is 5.92 Å². The highest BCUT2D eigenvalue weighted by molar-refractivity contribution is 5.32. The fraction of sp³-hybridized carbons (Fsp3) is 0.565. The van der Waals surface area contributed by atoms with Gasteiger partial charge in [-0.2, -0.15) is 22.0 Å². The lowest BCUT2D eigenvalue weighted by Crippen LogP contribution is -2.26. The van der Waals surface area contributed by atoms with Gasteiger partial charge in [0.15, 0.2) is 11.6 Å². The second-order valence-corrected chi connectivity index (χ2v) is 8.41. The largest absolute Gasteiger partial charge is 0.459 e. The highest BCUT2D eigenvalue weighted by atomic mass is 19.3. The van der Waals surface area contributed by atoms with Crippen LogP contribution in [0.2, 0.25) is 0 Å². The summed E-state index contributed by atoms with van der Waals surface area (Å²) in [7, 11) is 0. The van der Waals surface area contributed by atoms with Gasteiger partial charge in [-0.05, 0) is 92.7 Å². The van der Waals surface area contributed by atoms with E-state index in [0.29, 0.717) is 17.4 Å². The third-order valence-corrected chi connectivity index (χ3v) is 6.68. The molecule has 1 aromatic rings. The van der Waals surface area contributed by atoms with Gasteiger partial charge in [0.2, 0.25) is 0 Å². The Morgan fingerprint density at radius 2 is 1.50 bits per heavy atom. The minimum absolute atomic E-state index is 0.106. The normalized spacial score (nSPS) is 27.4. The van der Waals surface area contributed by atoms with Crippen LogP contribution in [0.5, 0.6) is 5.75 Å². The zero-order valence-corrected chi connectivity index (χ0v) is 16.7. The van der Waals surface area contributed by atoms with E-state index in [1.165, 1.54) is 31.7 Å². The molecule has 1 aromatic carbocycles. The van der Waals surface area contributed by atoms with Crippen LogP contribution >= 0.6 is 0 Å². The van der Waals surface area contributed by atoms with Gasteiger partial charge in [0.1, 0.15) is 0 Å². The van der Waals surface area contributed by atoms with E-state index >= 15 is 0 Å². The molecule has 0 N–H and O–H groups in total. The number of halogens is 6. The van der Waals surface area contributed by atoms with E-state index < -0.39 is 29.6 Å². The summed E-state index contributed by atoms with van der Waals surface area (Å²) in [6.07, 6.45) is 2.56. The van der Waals surface area contributed by atoms with Gasteiger partial charge in [-0.15, -0.1) is 6.58 Å². The van der Waals surface area contributed by atoms with Crippen LogP contribution in [0.15, 0.2) is 42.8 Å². The van der Waals surface area contributed by atoms with Crippen LogP contribution in [-0.4, -0.2) is 6.11 Å². The number of allylic oxidation sites excluding steroid dienone is 1. The van der Waals surface area contributed by atoms with Gasteiger partial charge in [0.05, 0.1) is 0 Å². The summed E-state index contributed by atoms with van der Waals surface area (Å²) in [5, 5.41) is 0. The van der Waals surface area contributed by atoms with Crippen LogP contribution in [0, 0.1) is 23.6 Å². The zero-order chi connectivity index (χ0) is 21.9. The van der Waals surface area contributed by atoms with E-state index in [1.807, 2.05) is 6.08 Å². The van der Waals surface area contributed by atoms with Crippen molar-refractivity contribution in [1.82, 2.24) is 0 Å². The van der Waals surface area contributed by atoms with E-state index in [0.717, 1.165) is 43.7 Å². The molecule has 2 aliphatic carbocycles. The number of rotatable bonds is 6. The summed E-state index contributed by atoms with van der Waals surface area (Å²) < 4.78 is 81.8. The maximum atomic E-state index is 14.2. The summed E-state index contributed by atoms with van der Waals surface area (Å²) in [6, 6.07) is 3.48. The average Bonchev–Trinajstić information content (AvgIpc) is 2.74. The molecule has 0 atom stereocenters. The van der Waals surface area contributed by atoms with Gasteiger partial charge < -0.3 is 4.74 Å². The summed E-state index contributed by atoms with van der Waals surface area (Å²) in [5.41, 5.74) is 0.657. The number of hydrogen-bond acceptors (Lipinski definition) is 1. The summed E-state index contributed by atoms with van der Waals surface area (Å²) in [4.78, 5) is 0. The molecule has 2 fully saturated rings. The maximum Gasteiger partial charge on any atom is 0.459 e. The van der Waals surface area contributed by atoms with Gasteiger partial charge in [0, 0.05) is 0 Å². The summed E-state index contributed by atoms with van der Waals surface area (Å²) in [6.45, 7) is 3.88. The molecule has 3 rings (SSSR count). The Hall–Kier alpha value is -1.92. The van der Waals surface area contributed by atoms with Crippen molar-refractivity contribution in [3.63, 3.8) is 0 Å². The first kappa shape index (κ1) is 22.8. The minimum atomic E-state index is -4.93. The second-order valence-electron chi connectivity index (χ2n) is 8.41. The van der Waals surface area contributed by atoms with Crippen molar-refractivity contribution in [3.8, 4) is 5.75 Å². The van der Waals surface area contributed by atoms with Crippen molar-refractivity contribution < 1.29 is 31.1 Å². The molecule has 2 saturated carbocycles. The maximum absolute atomic E-state index is 14.2. The summed E-state index contributed by atoms with van der Waals surface area (Å²) >= 11 is 0. The molecule has 0 heterocycles. The Kier molecular flexibility index (Phi) is 7.19. The van der Waals surface area contributed by atoms with Crippen LogP contribution in [-0.2, 0) is 0 Å². The fourth-order valence-electron chi connectivity index (χ4n) is 4.92. The van der Waals surface area contributed by atoms with Gasteiger partial charge in [0.25, 0.3) is 5.83 Å². The molecule has 1 nitrogen and oxygen atoms in total. The topological polar surface area (TPSA) is 9.23 Å². The van der Waals surface area contributed by atoms with Crippen molar-refractivity contribution in [1.29, 1.82) is 0 Å². The Labute approximate surface area is 172 Å². The van der Waals surface area contributed by atoms with Crippen LogP contribution in [0.3, 0.4) is 0 Å². The smallest absolute Gasteiger partial charge is 0.424 e. The van der Waals surface area contributed by atoms with Crippen molar-refractivity contribution >= 4 is 0 Å².